The number of nitrogens with two attached hydrogens (primary N) is 1. The largest absolute Gasteiger partial charge is 0.481 e. The van der Waals surface area contributed by atoms with E-state index < -0.39 is 0 Å². The minimum atomic E-state index is 0.305. The SMILES string of the molecule is COc1ccc(C(CN)N2CCCC3CCCC32)cn1. The average Bonchev–Trinajstić information content (AvgIpc) is 2.98. The van der Waals surface area contributed by atoms with Crippen LogP contribution in [0.4, 0.5) is 0 Å². The third kappa shape index (κ3) is 2.54. The molecule has 110 valence electrons. The number of rotatable bonds is 4. The summed E-state index contributed by atoms with van der Waals surface area (Å²) < 4.78 is 5.14. The molecule has 4 heteroatoms. The number of piperidine rings is 1. The van der Waals surface area contributed by atoms with Crippen molar-refractivity contribution in [1.82, 2.24) is 9.88 Å². The minimum absolute atomic E-state index is 0.305. The zero-order valence-corrected chi connectivity index (χ0v) is 12.3. The van der Waals surface area contributed by atoms with Crippen LogP contribution in [0.5, 0.6) is 5.88 Å². The average molecular weight is 275 g/mol. The van der Waals surface area contributed by atoms with E-state index in [1.807, 2.05) is 12.3 Å². The maximum Gasteiger partial charge on any atom is 0.212 e. The summed E-state index contributed by atoms with van der Waals surface area (Å²) in [6, 6.07) is 5.09. The number of ether oxygens (including phenoxy) is 1. The van der Waals surface area contributed by atoms with E-state index in [1.54, 1.807) is 7.11 Å². The number of pyridine rings is 1. The Labute approximate surface area is 121 Å². The standard InChI is InChI=1S/C16H25N3O/c1-20-16-8-7-13(11-18-16)15(10-17)19-9-3-5-12-4-2-6-14(12)19/h7-8,11-12,14-15H,2-6,9-10,17H2,1H3. The van der Waals surface area contributed by atoms with Crippen LogP contribution in [0.2, 0.25) is 0 Å². The van der Waals surface area contributed by atoms with Gasteiger partial charge in [0.25, 0.3) is 0 Å². The van der Waals surface area contributed by atoms with Crippen molar-refractivity contribution in [2.45, 2.75) is 44.2 Å². The quantitative estimate of drug-likeness (QED) is 0.916. The molecular formula is C16H25N3O. The van der Waals surface area contributed by atoms with Crippen molar-refractivity contribution in [3.05, 3.63) is 23.9 Å². The summed E-state index contributed by atoms with van der Waals surface area (Å²) in [6.45, 7) is 1.84. The lowest BCUT2D eigenvalue weighted by Crippen LogP contribution is -2.46. The fourth-order valence-corrected chi connectivity index (χ4v) is 4.05. The van der Waals surface area contributed by atoms with E-state index in [4.69, 9.17) is 10.5 Å². The van der Waals surface area contributed by atoms with Gasteiger partial charge in [0, 0.05) is 30.9 Å². The molecule has 0 amide bonds. The highest BCUT2D eigenvalue weighted by Gasteiger charge is 2.38. The molecule has 2 aliphatic rings. The lowest BCUT2D eigenvalue weighted by Gasteiger charge is -2.42. The summed E-state index contributed by atoms with van der Waals surface area (Å²) in [5.74, 6) is 1.56. The monoisotopic (exact) mass is 275 g/mol. The third-order valence-electron chi connectivity index (χ3n) is 5.01. The molecule has 0 bridgehead atoms. The van der Waals surface area contributed by atoms with Gasteiger partial charge in [0.05, 0.1) is 7.11 Å². The molecule has 2 heterocycles. The van der Waals surface area contributed by atoms with Crippen LogP contribution >= 0.6 is 0 Å². The fraction of sp³-hybridized carbons (Fsp3) is 0.688. The molecule has 20 heavy (non-hydrogen) atoms. The van der Waals surface area contributed by atoms with Gasteiger partial charge in [-0.2, -0.15) is 0 Å². The summed E-state index contributed by atoms with van der Waals surface area (Å²) >= 11 is 0. The van der Waals surface area contributed by atoms with E-state index in [0.29, 0.717) is 18.5 Å². The number of aromatic nitrogens is 1. The second-order valence-corrected chi connectivity index (χ2v) is 6.02. The molecule has 3 unspecified atom stereocenters. The predicted octanol–water partition coefficient (Wildman–Crippen LogP) is 2.35. The smallest absolute Gasteiger partial charge is 0.212 e. The number of likely N-dealkylation sites (tertiary alicyclic amines) is 1. The summed E-state index contributed by atoms with van der Waals surface area (Å²) in [4.78, 5) is 6.99. The normalized spacial score (nSPS) is 28.1. The van der Waals surface area contributed by atoms with Gasteiger partial charge in [-0.25, -0.2) is 4.98 Å². The number of hydrogen-bond donors (Lipinski definition) is 1. The van der Waals surface area contributed by atoms with E-state index in [-0.39, 0.29) is 0 Å². The van der Waals surface area contributed by atoms with Gasteiger partial charge in [0.15, 0.2) is 0 Å². The lowest BCUT2D eigenvalue weighted by molar-refractivity contribution is 0.0699. The first-order chi connectivity index (χ1) is 9.83. The van der Waals surface area contributed by atoms with Crippen molar-refractivity contribution < 1.29 is 4.74 Å². The summed E-state index contributed by atoms with van der Waals surface area (Å²) in [6.07, 6.45) is 8.75. The van der Waals surface area contributed by atoms with Crippen molar-refractivity contribution in [2.24, 2.45) is 11.7 Å². The van der Waals surface area contributed by atoms with E-state index in [1.165, 1.54) is 44.2 Å². The van der Waals surface area contributed by atoms with Crippen LogP contribution in [0.1, 0.15) is 43.7 Å². The molecule has 1 aromatic heterocycles. The highest BCUT2D eigenvalue weighted by Crippen LogP contribution is 2.40. The van der Waals surface area contributed by atoms with Crippen molar-refractivity contribution >= 4 is 0 Å². The van der Waals surface area contributed by atoms with Gasteiger partial charge in [-0.1, -0.05) is 12.5 Å². The van der Waals surface area contributed by atoms with Crippen LogP contribution in [0.25, 0.3) is 0 Å². The molecule has 2 fully saturated rings. The zero-order valence-electron chi connectivity index (χ0n) is 12.3. The first-order valence-electron chi connectivity index (χ1n) is 7.79. The molecule has 1 saturated carbocycles. The Morgan fingerprint density at radius 3 is 2.90 bits per heavy atom. The van der Waals surface area contributed by atoms with Crippen molar-refractivity contribution in [3.63, 3.8) is 0 Å². The van der Waals surface area contributed by atoms with Gasteiger partial charge < -0.3 is 10.5 Å². The first-order valence-corrected chi connectivity index (χ1v) is 7.79. The first kappa shape index (κ1) is 13.8. The fourth-order valence-electron chi connectivity index (χ4n) is 4.05. The molecule has 3 rings (SSSR count). The number of hydrogen-bond acceptors (Lipinski definition) is 4. The highest BCUT2D eigenvalue weighted by molar-refractivity contribution is 5.21. The third-order valence-corrected chi connectivity index (χ3v) is 5.01. The molecule has 3 atom stereocenters. The molecule has 1 aliphatic carbocycles. The minimum Gasteiger partial charge on any atom is -0.481 e. The van der Waals surface area contributed by atoms with Gasteiger partial charge in [0.2, 0.25) is 5.88 Å². The number of methoxy groups -OCH3 is 1. The Kier molecular flexibility index (Phi) is 4.22. The topological polar surface area (TPSA) is 51.4 Å². The van der Waals surface area contributed by atoms with E-state index in [9.17, 15) is 0 Å². The second kappa shape index (κ2) is 6.10. The Hall–Kier alpha value is -1.13. The highest BCUT2D eigenvalue weighted by atomic mass is 16.5. The van der Waals surface area contributed by atoms with Crippen molar-refractivity contribution in [1.29, 1.82) is 0 Å². The maximum absolute atomic E-state index is 6.09. The lowest BCUT2D eigenvalue weighted by atomic mass is 9.89. The molecule has 0 radical (unpaired) electrons. The van der Waals surface area contributed by atoms with Gasteiger partial charge >= 0.3 is 0 Å². The molecule has 2 N–H and O–H groups in total. The van der Waals surface area contributed by atoms with Gasteiger partial charge in [-0.3, -0.25) is 4.90 Å². The van der Waals surface area contributed by atoms with Crippen LogP contribution in [0, 0.1) is 5.92 Å². The Balaban J connectivity index is 1.80. The maximum atomic E-state index is 6.09. The van der Waals surface area contributed by atoms with Crippen LogP contribution in [0.3, 0.4) is 0 Å². The van der Waals surface area contributed by atoms with Crippen molar-refractivity contribution in [2.75, 3.05) is 20.2 Å². The summed E-state index contributed by atoms with van der Waals surface area (Å²) in [5.41, 5.74) is 7.31. The molecule has 0 aromatic carbocycles. The molecule has 1 saturated heterocycles. The molecule has 4 nitrogen and oxygen atoms in total. The van der Waals surface area contributed by atoms with Crippen molar-refractivity contribution in [3.8, 4) is 5.88 Å². The molecular weight excluding hydrogens is 250 g/mol. The second-order valence-electron chi connectivity index (χ2n) is 6.02. The molecule has 1 aromatic rings. The van der Waals surface area contributed by atoms with E-state index >= 15 is 0 Å². The van der Waals surface area contributed by atoms with Gasteiger partial charge in [0.1, 0.15) is 0 Å². The summed E-state index contributed by atoms with van der Waals surface area (Å²) in [7, 11) is 1.65. The Bertz CT molecular complexity index is 434. The Morgan fingerprint density at radius 2 is 2.20 bits per heavy atom. The molecule has 0 spiro atoms. The number of fused-ring (bicyclic) bond motifs is 1. The van der Waals surface area contributed by atoms with Gasteiger partial charge in [-0.15, -0.1) is 0 Å². The van der Waals surface area contributed by atoms with E-state index in [2.05, 4.69) is 16.0 Å². The van der Waals surface area contributed by atoms with Crippen LogP contribution in [-0.4, -0.2) is 36.1 Å². The van der Waals surface area contributed by atoms with Crippen LogP contribution in [0.15, 0.2) is 18.3 Å². The molecule has 1 aliphatic heterocycles. The zero-order chi connectivity index (χ0) is 13.9. The van der Waals surface area contributed by atoms with Crippen LogP contribution < -0.4 is 10.5 Å². The van der Waals surface area contributed by atoms with Crippen LogP contribution in [-0.2, 0) is 0 Å². The predicted molar refractivity (Wildman–Crippen MR) is 79.7 cm³/mol. The summed E-state index contributed by atoms with van der Waals surface area (Å²) in [5, 5.41) is 0. The van der Waals surface area contributed by atoms with Gasteiger partial charge in [-0.05, 0) is 43.7 Å². The van der Waals surface area contributed by atoms with E-state index in [0.717, 1.165) is 12.0 Å². The number of nitrogens with zero attached hydrogens (tertiary/aromatic N) is 2. The Morgan fingerprint density at radius 1 is 1.35 bits per heavy atom.